The van der Waals surface area contributed by atoms with Gasteiger partial charge in [0.2, 0.25) is 0 Å². The van der Waals surface area contributed by atoms with Crippen molar-refractivity contribution in [1.82, 2.24) is 14.3 Å². The Bertz CT molecular complexity index is 1060. The molecule has 7 heteroatoms. The molecule has 0 unspecified atom stereocenters. The van der Waals surface area contributed by atoms with E-state index in [0.29, 0.717) is 15.4 Å². The molecule has 0 atom stereocenters. The SMILES string of the molecule is C#CCn1c(=O)sc2cc(F)c(-n3nc4c(c3Cl)CCCC4)cc21. The number of hydrogen-bond donors (Lipinski definition) is 0. The van der Waals surface area contributed by atoms with E-state index in [4.69, 9.17) is 18.0 Å². The number of thiazole rings is 1. The quantitative estimate of drug-likeness (QED) is 0.655. The van der Waals surface area contributed by atoms with Crippen molar-refractivity contribution >= 4 is 33.2 Å². The summed E-state index contributed by atoms with van der Waals surface area (Å²) in [6.45, 7) is 0.146. The zero-order chi connectivity index (χ0) is 16.8. The molecule has 1 aromatic carbocycles. The van der Waals surface area contributed by atoms with Crippen LogP contribution in [0, 0.1) is 18.2 Å². The molecule has 0 spiro atoms. The monoisotopic (exact) mass is 361 g/mol. The Kier molecular flexibility index (Phi) is 3.70. The summed E-state index contributed by atoms with van der Waals surface area (Å²) in [5.41, 5.74) is 2.76. The number of nitrogens with zero attached hydrogens (tertiary/aromatic N) is 3. The lowest BCUT2D eigenvalue weighted by Gasteiger charge is -2.08. The first-order valence-corrected chi connectivity index (χ1v) is 8.82. The number of aromatic nitrogens is 3. The van der Waals surface area contributed by atoms with Gasteiger partial charge in [-0.2, -0.15) is 5.10 Å². The van der Waals surface area contributed by atoms with Crippen LogP contribution in [0.5, 0.6) is 0 Å². The average molecular weight is 362 g/mol. The Labute approximate surface area is 146 Å². The second-order valence-corrected chi connectivity index (χ2v) is 7.12. The summed E-state index contributed by atoms with van der Waals surface area (Å²) in [6.07, 6.45) is 9.17. The van der Waals surface area contributed by atoms with Crippen LogP contribution in [0.1, 0.15) is 24.1 Å². The van der Waals surface area contributed by atoms with Crippen LogP contribution in [-0.2, 0) is 19.4 Å². The molecule has 3 aromatic rings. The van der Waals surface area contributed by atoms with Crippen molar-refractivity contribution < 1.29 is 4.39 Å². The average Bonchev–Trinajstić information content (AvgIpc) is 3.05. The molecular formula is C17H13ClFN3OS. The number of fused-ring (bicyclic) bond motifs is 2. The van der Waals surface area contributed by atoms with Crippen molar-refractivity contribution in [2.45, 2.75) is 32.2 Å². The van der Waals surface area contributed by atoms with Crippen LogP contribution in [0.15, 0.2) is 16.9 Å². The van der Waals surface area contributed by atoms with E-state index < -0.39 is 5.82 Å². The number of aryl methyl sites for hydroxylation is 1. The van der Waals surface area contributed by atoms with Gasteiger partial charge in [0.05, 0.1) is 22.5 Å². The van der Waals surface area contributed by atoms with Crippen molar-refractivity contribution in [2.75, 3.05) is 0 Å². The predicted molar refractivity (Wildman–Crippen MR) is 93.7 cm³/mol. The second kappa shape index (κ2) is 5.76. The zero-order valence-corrected chi connectivity index (χ0v) is 14.3. The molecule has 122 valence electrons. The molecule has 2 aromatic heterocycles. The van der Waals surface area contributed by atoms with Crippen molar-refractivity contribution in [2.24, 2.45) is 0 Å². The van der Waals surface area contributed by atoms with Crippen LogP contribution in [0.2, 0.25) is 5.15 Å². The largest absolute Gasteiger partial charge is 0.309 e. The highest BCUT2D eigenvalue weighted by molar-refractivity contribution is 7.16. The van der Waals surface area contributed by atoms with E-state index in [2.05, 4.69) is 11.0 Å². The summed E-state index contributed by atoms with van der Waals surface area (Å²) >= 11 is 7.42. The van der Waals surface area contributed by atoms with Gasteiger partial charge in [-0.25, -0.2) is 9.07 Å². The van der Waals surface area contributed by atoms with E-state index in [1.807, 2.05) is 0 Å². The molecule has 2 heterocycles. The third-order valence-electron chi connectivity index (χ3n) is 4.31. The zero-order valence-electron chi connectivity index (χ0n) is 12.7. The van der Waals surface area contributed by atoms with E-state index >= 15 is 0 Å². The summed E-state index contributed by atoms with van der Waals surface area (Å²) < 4.78 is 18.1. The maximum atomic E-state index is 14.6. The first-order chi connectivity index (χ1) is 11.6. The molecule has 4 nitrogen and oxygen atoms in total. The highest BCUT2D eigenvalue weighted by Gasteiger charge is 2.22. The number of hydrogen-bond acceptors (Lipinski definition) is 3. The summed E-state index contributed by atoms with van der Waals surface area (Å²) in [4.78, 5) is 11.8. The number of benzene rings is 1. The predicted octanol–water partition coefficient (Wildman–Crippen LogP) is 3.55. The van der Waals surface area contributed by atoms with Gasteiger partial charge in [0.25, 0.3) is 0 Å². The molecular weight excluding hydrogens is 349 g/mol. The lowest BCUT2D eigenvalue weighted by molar-refractivity contribution is 0.610. The van der Waals surface area contributed by atoms with Crippen molar-refractivity contribution in [3.05, 3.63) is 44.0 Å². The minimum Gasteiger partial charge on any atom is -0.287 e. The third-order valence-corrected chi connectivity index (χ3v) is 5.64. The van der Waals surface area contributed by atoms with Crippen molar-refractivity contribution in [3.63, 3.8) is 0 Å². The third kappa shape index (κ3) is 2.27. The van der Waals surface area contributed by atoms with Crippen LogP contribution >= 0.6 is 22.9 Å². The highest BCUT2D eigenvalue weighted by Crippen LogP contribution is 2.32. The Hall–Kier alpha value is -2.10. The minimum atomic E-state index is -0.460. The summed E-state index contributed by atoms with van der Waals surface area (Å²) in [5, 5.41) is 4.94. The van der Waals surface area contributed by atoms with Gasteiger partial charge >= 0.3 is 4.87 Å². The van der Waals surface area contributed by atoms with Crippen molar-refractivity contribution in [1.29, 1.82) is 0 Å². The van der Waals surface area contributed by atoms with E-state index in [9.17, 15) is 9.18 Å². The first-order valence-electron chi connectivity index (χ1n) is 7.63. The van der Waals surface area contributed by atoms with Crippen molar-refractivity contribution in [3.8, 4) is 18.0 Å². The summed E-state index contributed by atoms with van der Waals surface area (Å²) in [5.74, 6) is 2.00. The van der Waals surface area contributed by atoms with Crippen LogP contribution < -0.4 is 4.87 Å². The highest BCUT2D eigenvalue weighted by atomic mass is 35.5. The fourth-order valence-corrected chi connectivity index (χ4v) is 4.38. The van der Waals surface area contributed by atoms with Gasteiger partial charge < -0.3 is 0 Å². The van der Waals surface area contributed by atoms with Gasteiger partial charge in [-0.05, 0) is 37.8 Å². The Morgan fingerprint density at radius 1 is 1.38 bits per heavy atom. The molecule has 0 amide bonds. The number of terminal acetylenes is 1. The van der Waals surface area contributed by atoms with Crippen LogP contribution in [0.25, 0.3) is 15.9 Å². The minimum absolute atomic E-state index is 0.146. The normalized spacial score (nSPS) is 13.9. The second-order valence-electron chi connectivity index (χ2n) is 5.76. The topological polar surface area (TPSA) is 39.8 Å². The fourth-order valence-electron chi connectivity index (χ4n) is 3.15. The molecule has 4 rings (SSSR count). The number of rotatable bonds is 2. The van der Waals surface area contributed by atoms with Gasteiger partial charge in [0.1, 0.15) is 16.7 Å². The smallest absolute Gasteiger partial charge is 0.287 e. The van der Waals surface area contributed by atoms with E-state index in [1.54, 1.807) is 6.07 Å². The fraction of sp³-hybridized carbons (Fsp3) is 0.294. The first kappa shape index (κ1) is 15.4. The summed E-state index contributed by atoms with van der Waals surface area (Å²) in [7, 11) is 0. The molecule has 0 fully saturated rings. The Morgan fingerprint density at radius 2 is 2.17 bits per heavy atom. The molecule has 0 saturated carbocycles. The molecule has 0 radical (unpaired) electrons. The maximum Gasteiger partial charge on any atom is 0.309 e. The standard InChI is InChI=1S/C17H13ClFN3OS/c1-2-7-21-14-9-13(11(19)8-15(14)24-17(21)23)22-16(18)10-5-3-4-6-12(10)20-22/h1,8-9H,3-7H2. The van der Waals surface area contributed by atoms with E-state index in [-0.39, 0.29) is 17.1 Å². The van der Waals surface area contributed by atoms with Gasteiger partial charge in [-0.15, -0.1) is 6.42 Å². The van der Waals surface area contributed by atoms with Gasteiger partial charge in [0, 0.05) is 5.56 Å². The summed E-state index contributed by atoms with van der Waals surface area (Å²) in [6, 6.07) is 2.95. The molecule has 0 bridgehead atoms. The molecule has 24 heavy (non-hydrogen) atoms. The lowest BCUT2D eigenvalue weighted by Crippen LogP contribution is -2.11. The van der Waals surface area contributed by atoms with Gasteiger partial charge in [-0.3, -0.25) is 9.36 Å². The van der Waals surface area contributed by atoms with Crippen LogP contribution in [0.3, 0.4) is 0 Å². The van der Waals surface area contributed by atoms with E-state index in [0.717, 1.165) is 48.3 Å². The van der Waals surface area contributed by atoms with Crippen LogP contribution in [-0.4, -0.2) is 14.3 Å². The molecule has 0 saturated heterocycles. The Balaban J connectivity index is 1.96. The number of halogens is 2. The Morgan fingerprint density at radius 3 is 2.92 bits per heavy atom. The molecule has 0 aliphatic heterocycles. The lowest BCUT2D eigenvalue weighted by atomic mass is 9.99. The van der Waals surface area contributed by atoms with Gasteiger partial charge in [0.15, 0.2) is 0 Å². The molecule has 1 aliphatic carbocycles. The van der Waals surface area contributed by atoms with E-state index in [1.165, 1.54) is 15.3 Å². The van der Waals surface area contributed by atoms with Gasteiger partial charge in [-0.1, -0.05) is 28.9 Å². The van der Waals surface area contributed by atoms with Crippen LogP contribution in [0.4, 0.5) is 4.39 Å². The molecule has 1 aliphatic rings. The molecule has 0 N–H and O–H groups in total. The maximum absolute atomic E-state index is 14.6.